The Morgan fingerprint density at radius 1 is 1.43 bits per heavy atom. The number of ether oxygens (including phenoxy) is 1. The van der Waals surface area contributed by atoms with E-state index < -0.39 is 4.92 Å². The van der Waals surface area contributed by atoms with Gasteiger partial charge in [-0.3, -0.25) is 15.1 Å². The second-order valence-corrected chi connectivity index (χ2v) is 4.99. The molecule has 0 aliphatic carbocycles. The summed E-state index contributed by atoms with van der Waals surface area (Å²) in [6.07, 6.45) is 1.69. The van der Waals surface area contributed by atoms with Gasteiger partial charge in [0.25, 0.3) is 5.69 Å². The lowest BCUT2D eigenvalue weighted by Gasteiger charge is -2.09. The van der Waals surface area contributed by atoms with Crippen LogP contribution in [0.15, 0.2) is 41.0 Å². The predicted octanol–water partition coefficient (Wildman–Crippen LogP) is 3.76. The van der Waals surface area contributed by atoms with E-state index in [1.54, 1.807) is 18.3 Å². The molecule has 0 fully saturated rings. The summed E-state index contributed by atoms with van der Waals surface area (Å²) in [7, 11) is 0. The highest BCUT2D eigenvalue weighted by Gasteiger charge is 2.15. The molecule has 0 amide bonds. The van der Waals surface area contributed by atoms with E-state index in [9.17, 15) is 10.1 Å². The molecular formula is C14H14BrN3O3. The Balaban J connectivity index is 2.11. The van der Waals surface area contributed by atoms with Crippen LogP contribution < -0.4 is 10.1 Å². The number of pyridine rings is 1. The number of benzene rings is 1. The molecule has 0 aliphatic heterocycles. The Kier molecular flexibility index (Phi) is 5.10. The lowest BCUT2D eigenvalue weighted by atomic mass is 10.3. The SMILES string of the molecule is CCNc1ccnc(COc2cccc([N+](=O)[O-])c2Br)c1. The fourth-order valence-corrected chi connectivity index (χ4v) is 2.30. The molecule has 0 saturated heterocycles. The topological polar surface area (TPSA) is 77.3 Å². The second kappa shape index (κ2) is 7.03. The molecule has 7 heteroatoms. The molecule has 0 saturated carbocycles. The summed E-state index contributed by atoms with van der Waals surface area (Å²) in [4.78, 5) is 14.6. The molecule has 0 bridgehead atoms. The number of anilines is 1. The molecule has 21 heavy (non-hydrogen) atoms. The number of halogens is 1. The third-order valence-corrected chi connectivity index (χ3v) is 3.51. The lowest BCUT2D eigenvalue weighted by molar-refractivity contribution is -0.385. The largest absolute Gasteiger partial charge is 0.486 e. The third kappa shape index (κ3) is 3.91. The lowest BCUT2D eigenvalue weighted by Crippen LogP contribution is -2.02. The first-order valence-electron chi connectivity index (χ1n) is 6.36. The molecule has 2 aromatic rings. The van der Waals surface area contributed by atoms with E-state index in [0.29, 0.717) is 10.2 Å². The van der Waals surface area contributed by atoms with Gasteiger partial charge in [-0.25, -0.2) is 0 Å². The van der Waals surface area contributed by atoms with Crippen LogP contribution in [-0.2, 0) is 6.61 Å². The average Bonchev–Trinajstić information content (AvgIpc) is 2.46. The van der Waals surface area contributed by atoms with Crippen LogP contribution in [0.3, 0.4) is 0 Å². The maximum absolute atomic E-state index is 10.9. The van der Waals surface area contributed by atoms with Crippen molar-refractivity contribution >= 4 is 27.3 Å². The predicted molar refractivity (Wildman–Crippen MR) is 83.5 cm³/mol. The van der Waals surface area contributed by atoms with E-state index in [0.717, 1.165) is 17.9 Å². The van der Waals surface area contributed by atoms with Crippen LogP contribution in [0.4, 0.5) is 11.4 Å². The van der Waals surface area contributed by atoms with Crippen LogP contribution in [0.1, 0.15) is 12.6 Å². The Bertz CT molecular complexity index is 649. The summed E-state index contributed by atoms with van der Waals surface area (Å²) in [6.45, 7) is 3.07. The molecule has 1 heterocycles. The first kappa shape index (κ1) is 15.2. The van der Waals surface area contributed by atoms with Gasteiger partial charge in [0.15, 0.2) is 0 Å². The van der Waals surface area contributed by atoms with Gasteiger partial charge in [0.05, 0.1) is 10.6 Å². The highest BCUT2D eigenvalue weighted by atomic mass is 79.9. The van der Waals surface area contributed by atoms with Crippen molar-refractivity contribution in [2.24, 2.45) is 0 Å². The zero-order chi connectivity index (χ0) is 15.2. The molecule has 1 aromatic carbocycles. The summed E-state index contributed by atoms with van der Waals surface area (Å²) < 4.78 is 5.94. The zero-order valence-corrected chi connectivity index (χ0v) is 13.0. The Morgan fingerprint density at radius 2 is 2.24 bits per heavy atom. The van der Waals surface area contributed by atoms with Crippen LogP contribution in [0.5, 0.6) is 5.75 Å². The van der Waals surface area contributed by atoms with Crippen LogP contribution in [0, 0.1) is 10.1 Å². The van der Waals surface area contributed by atoms with Crippen molar-refractivity contribution < 1.29 is 9.66 Å². The second-order valence-electron chi connectivity index (χ2n) is 4.20. The van der Waals surface area contributed by atoms with Gasteiger partial charge < -0.3 is 10.1 Å². The van der Waals surface area contributed by atoms with Gasteiger partial charge in [0, 0.05) is 24.5 Å². The van der Waals surface area contributed by atoms with E-state index in [4.69, 9.17) is 4.74 Å². The van der Waals surface area contributed by atoms with Gasteiger partial charge >= 0.3 is 0 Å². The van der Waals surface area contributed by atoms with E-state index in [-0.39, 0.29) is 12.3 Å². The zero-order valence-electron chi connectivity index (χ0n) is 11.4. The fourth-order valence-electron chi connectivity index (χ4n) is 1.77. The van der Waals surface area contributed by atoms with Crippen molar-refractivity contribution in [2.75, 3.05) is 11.9 Å². The number of nitro benzene ring substituents is 1. The molecule has 1 aromatic heterocycles. The molecule has 0 radical (unpaired) electrons. The highest BCUT2D eigenvalue weighted by molar-refractivity contribution is 9.10. The number of hydrogen-bond acceptors (Lipinski definition) is 5. The Morgan fingerprint density at radius 3 is 2.95 bits per heavy atom. The number of rotatable bonds is 6. The minimum atomic E-state index is -0.457. The molecule has 0 atom stereocenters. The van der Waals surface area contributed by atoms with Gasteiger partial charge in [0.1, 0.15) is 16.8 Å². The number of nitro groups is 1. The van der Waals surface area contributed by atoms with E-state index >= 15 is 0 Å². The monoisotopic (exact) mass is 351 g/mol. The van der Waals surface area contributed by atoms with Gasteiger partial charge in [-0.15, -0.1) is 0 Å². The normalized spacial score (nSPS) is 10.2. The van der Waals surface area contributed by atoms with E-state index in [1.807, 2.05) is 19.1 Å². The number of hydrogen-bond donors (Lipinski definition) is 1. The molecule has 0 unspecified atom stereocenters. The van der Waals surface area contributed by atoms with Crippen molar-refractivity contribution in [1.29, 1.82) is 0 Å². The molecule has 6 nitrogen and oxygen atoms in total. The average molecular weight is 352 g/mol. The minimum absolute atomic E-state index is 0.0261. The van der Waals surface area contributed by atoms with E-state index in [2.05, 4.69) is 26.2 Å². The van der Waals surface area contributed by atoms with Gasteiger partial charge in [-0.05, 0) is 41.1 Å². The minimum Gasteiger partial charge on any atom is -0.486 e. The molecule has 1 N–H and O–H groups in total. The van der Waals surface area contributed by atoms with Crippen molar-refractivity contribution in [2.45, 2.75) is 13.5 Å². The van der Waals surface area contributed by atoms with Crippen molar-refractivity contribution in [3.05, 3.63) is 56.8 Å². The van der Waals surface area contributed by atoms with Crippen LogP contribution in [0.2, 0.25) is 0 Å². The maximum atomic E-state index is 10.9. The highest BCUT2D eigenvalue weighted by Crippen LogP contribution is 2.34. The molecule has 0 spiro atoms. The fraction of sp³-hybridized carbons (Fsp3) is 0.214. The Hall–Kier alpha value is -2.15. The smallest absolute Gasteiger partial charge is 0.287 e. The Labute approximate surface area is 130 Å². The number of aromatic nitrogens is 1. The first-order valence-corrected chi connectivity index (χ1v) is 7.15. The van der Waals surface area contributed by atoms with Gasteiger partial charge in [-0.1, -0.05) is 6.07 Å². The summed E-state index contributed by atoms with van der Waals surface area (Å²) >= 11 is 3.20. The number of nitrogens with one attached hydrogen (secondary N) is 1. The van der Waals surface area contributed by atoms with Gasteiger partial charge in [-0.2, -0.15) is 0 Å². The van der Waals surface area contributed by atoms with Crippen LogP contribution in [-0.4, -0.2) is 16.5 Å². The molecule has 110 valence electrons. The molecule has 0 aliphatic rings. The van der Waals surface area contributed by atoms with Crippen molar-refractivity contribution in [3.8, 4) is 5.75 Å². The third-order valence-electron chi connectivity index (χ3n) is 2.71. The van der Waals surface area contributed by atoms with Crippen molar-refractivity contribution in [1.82, 2.24) is 4.98 Å². The standard InChI is InChI=1S/C14H14BrN3O3/c1-2-16-10-6-7-17-11(8-10)9-21-13-5-3-4-12(14(13)15)18(19)20/h3-8H,2,9H2,1H3,(H,16,17). The molecule has 2 rings (SSSR count). The summed E-state index contributed by atoms with van der Waals surface area (Å²) in [6, 6.07) is 8.43. The first-order chi connectivity index (χ1) is 10.1. The van der Waals surface area contributed by atoms with Crippen LogP contribution >= 0.6 is 15.9 Å². The summed E-state index contributed by atoms with van der Waals surface area (Å²) in [5, 5.41) is 14.1. The van der Waals surface area contributed by atoms with Crippen LogP contribution in [0.25, 0.3) is 0 Å². The van der Waals surface area contributed by atoms with Gasteiger partial charge in [0.2, 0.25) is 0 Å². The summed E-state index contributed by atoms with van der Waals surface area (Å²) in [5.74, 6) is 0.417. The van der Waals surface area contributed by atoms with E-state index in [1.165, 1.54) is 6.07 Å². The molecular weight excluding hydrogens is 338 g/mol. The number of nitrogens with zero attached hydrogens (tertiary/aromatic N) is 2. The quantitative estimate of drug-likeness (QED) is 0.633. The van der Waals surface area contributed by atoms with Crippen molar-refractivity contribution in [3.63, 3.8) is 0 Å². The summed E-state index contributed by atoms with van der Waals surface area (Å²) in [5.41, 5.74) is 1.68. The maximum Gasteiger partial charge on any atom is 0.287 e.